The second-order valence-corrected chi connectivity index (χ2v) is 11.8. The van der Waals surface area contributed by atoms with Crippen LogP contribution in [-0.4, -0.2) is 33.1 Å². The second-order valence-electron chi connectivity index (χ2n) is 9.63. The van der Waals surface area contributed by atoms with E-state index in [0.29, 0.717) is 25.3 Å². The van der Waals surface area contributed by atoms with Gasteiger partial charge in [0.25, 0.3) is 0 Å². The third-order valence-corrected chi connectivity index (χ3v) is 8.30. The Labute approximate surface area is 201 Å². The van der Waals surface area contributed by atoms with Gasteiger partial charge in [-0.25, -0.2) is 0 Å². The van der Waals surface area contributed by atoms with Crippen molar-refractivity contribution in [3.8, 4) is 0 Å². The lowest BCUT2D eigenvalue weighted by atomic mass is 10.0. The van der Waals surface area contributed by atoms with E-state index in [9.17, 15) is 4.57 Å². The fraction of sp³-hybridized carbons (Fsp3) is 1.00. The molecule has 0 spiro atoms. The molecular weight excluding hydrogens is 419 g/mol. The zero-order valence-electron chi connectivity index (χ0n) is 22.2. The van der Waals surface area contributed by atoms with Crippen molar-refractivity contribution in [1.29, 1.82) is 0 Å². The summed E-state index contributed by atoms with van der Waals surface area (Å²) in [5.41, 5.74) is 0. The first-order valence-corrected chi connectivity index (χ1v) is 15.7. The minimum Gasteiger partial charge on any atom is -0.385 e. The molecule has 194 valence electrons. The molecule has 0 heterocycles. The van der Waals surface area contributed by atoms with Gasteiger partial charge in [0, 0.05) is 13.7 Å². The Balaban J connectivity index is 3.70. The summed E-state index contributed by atoms with van der Waals surface area (Å²) in [4.78, 5) is 0. The van der Waals surface area contributed by atoms with Gasteiger partial charge in [-0.05, 0) is 31.6 Å². The third-order valence-electron chi connectivity index (χ3n) is 6.28. The van der Waals surface area contributed by atoms with Gasteiger partial charge in [-0.15, -0.1) is 0 Å². The molecule has 0 aromatic rings. The molecule has 32 heavy (non-hydrogen) atoms. The molecule has 0 amide bonds. The molecule has 2 unspecified atom stereocenters. The van der Waals surface area contributed by atoms with Crippen LogP contribution in [0.25, 0.3) is 0 Å². The lowest BCUT2D eigenvalue weighted by Gasteiger charge is -2.19. The Bertz CT molecular complexity index is 416. The summed E-state index contributed by atoms with van der Waals surface area (Å²) >= 11 is 0. The van der Waals surface area contributed by atoms with Crippen molar-refractivity contribution in [2.45, 2.75) is 136 Å². The van der Waals surface area contributed by atoms with Crippen LogP contribution in [0.1, 0.15) is 136 Å². The molecule has 5 heteroatoms. The minimum atomic E-state index is -2.94. The SMILES string of the molecule is CCCCCCCCCCCCCCCCOP(=O)(CCCC)OCCC(C)CCOC. The normalized spacial score (nSPS) is 14.5. The number of rotatable bonds is 26. The Morgan fingerprint density at radius 1 is 0.594 bits per heavy atom. The monoisotopic (exact) mass is 476 g/mol. The molecule has 0 aliphatic rings. The van der Waals surface area contributed by atoms with Gasteiger partial charge in [0.2, 0.25) is 0 Å². The summed E-state index contributed by atoms with van der Waals surface area (Å²) in [5, 5.41) is 0. The van der Waals surface area contributed by atoms with Gasteiger partial charge in [-0.1, -0.05) is 111 Å². The van der Waals surface area contributed by atoms with Gasteiger partial charge in [-0.2, -0.15) is 0 Å². The van der Waals surface area contributed by atoms with Crippen LogP contribution in [0.2, 0.25) is 0 Å². The van der Waals surface area contributed by atoms with Crippen molar-refractivity contribution in [2.24, 2.45) is 5.92 Å². The number of hydrogen-bond donors (Lipinski definition) is 0. The van der Waals surface area contributed by atoms with E-state index in [2.05, 4.69) is 20.8 Å². The van der Waals surface area contributed by atoms with E-state index in [4.69, 9.17) is 13.8 Å². The summed E-state index contributed by atoms with van der Waals surface area (Å²) in [6.07, 6.45) is 23.1. The Hall–Kier alpha value is 0.110. The maximum atomic E-state index is 13.0. The predicted octanol–water partition coefficient (Wildman–Crippen LogP) is 9.56. The highest BCUT2D eigenvalue weighted by molar-refractivity contribution is 7.53. The molecule has 0 fully saturated rings. The van der Waals surface area contributed by atoms with Crippen LogP contribution in [0, 0.1) is 5.92 Å². The van der Waals surface area contributed by atoms with E-state index in [1.54, 1.807) is 7.11 Å². The fourth-order valence-electron chi connectivity index (χ4n) is 3.87. The minimum absolute atomic E-state index is 0.514. The van der Waals surface area contributed by atoms with Crippen molar-refractivity contribution >= 4 is 7.60 Å². The molecule has 0 aromatic heterocycles. The molecule has 0 N–H and O–H groups in total. The van der Waals surface area contributed by atoms with E-state index in [1.165, 1.54) is 83.5 Å². The Morgan fingerprint density at radius 3 is 1.53 bits per heavy atom. The number of methoxy groups -OCH3 is 1. The number of unbranched alkanes of at least 4 members (excludes halogenated alkanes) is 14. The summed E-state index contributed by atoms with van der Waals surface area (Å²) in [6, 6.07) is 0. The molecule has 0 bridgehead atoms. The van der Waals surface area contributed by atoms with Crippen molar-refractivity contribution in [3.63, 3.8) is 0 Å². The molecular formula is C27H57O4P. The van der Waals surface area contributed by atoms with Gasteiger partial charge in [-0.3, -0.25) is 4.57 Å². The zero-order valence-corrected chi connectivity index (χ0v) is 23.1. The van der Waals surface area contributed by atoms with Crippen molar-refractivity contribution in [1.82, 2.24) is 0 Å². The quantitative estimate of drug-likeness (QED) is 0.0920. The van der Waals surface area contributed by atoms with Gasteiger partial charge >= 0.3 is 7.60 Å². The maximum Gasteiger partial charge on any atom is 0.330 e. The predicted molar refractivity (Wildman–Crippen MR) is 140 cm³/mol. The van der Waals surface area contributed by atoms with Gasteiger partial charge in [0.1, 0.15) is 0 Å². The Kier molecular flexibility index (Phi) is 24.3. The van der Waals surface area contributed by atoms with Gasteiger partial charge in [0.05, 0.1) is 19.4 Å². The number of ether oxygens (including phenoxy) is 1. The fourth-order valence-corrected chi connectivity index (χ4v) is 5.70. The maximum absolute atomic E-state index is 13.0. The molecule has 2 atom stereocenters. The van der Waals surface area contributed by atoms with Crippen molar-refractivity contribution in [3.05, 3.63) is 0 Å². The first-order valence-electron chi connectivity index (χ1n) is 13.9. The van der Waals surface area contributed by atoms with Crippen LogP contribution in [0.15, 0.2) is 0 Å². The summed E-state index contributed by atoms with van der Waals surface area (Å²) in [7, 11) is -1.21. The van der Waals surface area contributed by atoms with Gasteiger partial charge < -0.3 is 13.8 Å². The molecule has 0 aliphatic heterocycles. The van der Waals surface area contributed by atoms with Crippen LogP contribution in [0.4, 0.5) is 0 Å². The third kappa shape index (κ3) is 21.9. The highest BCUT2D eigenvalue weighted by atomic mass is 31.2. The first-order chi connectivity index (χ1) is 15.6. The lowest BCUT2D eigenvalue weighted by molar-refractivity contribution is 0.163. The molecule has 0 saturated heterocycles. The number of hydrogen-bond acceptors (Lipinski definition) is 4. The summed E-state index contributed by atoms with van der Waals surface area (Å²) in [6.45, 7) is 8.44. The first kappa shape index (κ1) is 32.1. The average Bonchev–Trinajstić information content (AvgIpc) is 2.79. The van der Waals surface area contributed by atoms with E-state index in [0.717, 1.165) is 38.7 Å². The van der Waals surface area contributed by atoms with Crippen LogP contribution in [0.5, 0.6) is 0 Å². The van der Waals surface area contributed by atoms with E-state index >= 15 is 0 Å². The van der Waals surface area contributed by atoms with Crippen LogP contribution in [-0.2, 0) is 18.3 Å². The van der Waals surface area contributed by atoms with E-state index in [1.807, 2.05) is 0 Å². The highest BCUT2D eigenvalue weighted by Gasteiger charge is 2.23. The second kappa shape index (κ2) is 24.2. The molecule has 0 rings (SSSR count). The van der Waals surface area contributed by atoms with Crippen LogP contribution >= 0.6 is 7.60 Å². The smallest absolute Gasteiger partial charge is 0.330 e. The van der Waals surface area contributed by atoms with Gasteiger partial charge in [0.15, 0.2) is 0 Å². The standard InChI is InChI=1S/C27H57O4P/c1-5-7-9-10-11-12-13-14-15-16-17-18-19-20-23-30-32(28,26-8-6-2)31-25-22-27(3)21-24-29-4/h27H,5-26H2,1-4H3. The summed E-state index contributed by atoms with van der Waals surface area (Å²) in [5.74, 6) is 0.514. The van der Waals surface area contributed by atoms with E-state index in [-0.39, 0.29) is 0 Å². The molecule has 0 aliphatic carbocycles. The van der Waals surface area contributed by atoms with Crippen molar-refractivity contribution in [2.75, 3.05) is 33.1 Å². The Morgan fingerprint density at radius 2 is 1.03 bits per heavy atom. The zero-order chi connectivity index (χ0) is 23.8. The molecule has 0 radical (unpaired) electrons. The lowest BCUT2D eigenvalue weighted by Crippen LogP contribution is -2.07. The average molecular weight is 477 g/mol. The molecule has 4 nitrogen and oxygen atoms in total. The van der Waals surface area contributed by atoms with Crippen molar-refractivity contribution < 1.29 is 18.3 Å². The molecule has 0 saturated carbocycles. The molecule has 0 aromatic carbocycles. The van der Waals surface area contributed by atoms with Crippen LogP contribution in [0.3, 0.4) is 0 Å². The largest absolute Gasteiger partial charge is 0.385 e. The summed E-state index contributed by atoms with van der Waals surface area (Å²) < 4.78 is 29.8. The highest BCUT2D eigenvalue weighted by Crippen LogP contribution is 2.49. The van der Waals surface area contributed by atoms with Crippen LogP contribution < -0.4 is 0 Å². The topological polar surface area (TPSA) is 44.8 Å². The van der Waals surface area contributed by atoms with E-state index < -0.39 is 7.60 Å².